The number of rotatable bonds is 6. The lowest BCUT2D eigenvalue weighted by atomic mass is 9.98. The second-order valence-electron chi connectivity index (χ2n) is 17.7. The van der Waals surface area contributed by atoms with Gasteiger partial charge in [-0.2, -0.15) is 0 Å². The van der Waals surface area contributed by atoms with E-state index in [0.29, 0.717) is 0 Å². The van der Waals surface area contributed by atoms with Crippen LogP contribution in [0.4, 0.5) is 34.1 Å². The van der Waals surface area contributed by atoms with Crippen molar-refractivity contribution in [3.8, 4) is 0 Å². The molecule has 0 aliphatic carbocycles. The summed E-state index contributed by atoms with van der Waals surface area (Å²) in [7, 11) is 0. The molecule has 66 heavy (non-hydrogen) atoms. The van der Waals surface area contributed by atoms with Crippen molar-refractivity contribution >= 4 is 132 Å². The van der Waals surface area contributed by atoms with Crippen molar-refractivity contribution in [2.24, 2.45) is 0 Å². The van der Waals surface area contributed by atoms with Crippen LogP contribution < -0.4 is 9.80 Å². The molecular weight excluding hydrogens is 801 g/mol. The average molecular weight is 839 g/mol. The second kappa shape index (κ2) is 13.3. The molecule has 4 heterocycles. The van der Waals surface area contributed by atoms with E-state index in [1.165, 1.54) is 97.7 Å². The van der Waals surface area contributed by atoms with Crippen molar-refractivity contribution in [3.63, 3.8) is 0 Å². The van der Waals surface area contributed by atoms with Gasteiger partial charge in [-0.3, -0.25) is 0 Å². The minimum absolute atomic E-state index is 1.12. The normalized spacial score (nSPS) is 12.2. The van der Waals surface area contributed by atoms with Crippen molar-refractivity contribution < 1.29 is 0 Å². The monoisotopic (exact) mass is 838 g/mol. The summed E-state index contributed by atoms with van der Waals surface area (Å²) in [5.74, 6) is 0. The average Bonchev–Trinajstić information content (AvgIpc) is 4.11. The van der Waals surface area contributed by atoms with Crippen molar-refractivity contribution in [1.82, 2.24) is 8.80 Å². The number of fused-ring (bicyclic) bond motifs is 16. The first-order valence-electron chi connectivity index (χ1n) is 22.8. The summed E-state index contributed by atoms with van der Waals surface area (Å²) in [5.41, 5.74) is 14.1. The fourth-order valence-corrected chi connectivity index (χ4v) is 11.6. The zero-order valence-corrected chi connectivity index (χ0v) is 35.7. The molecule has 0 bridgehead atoms. The van der Waals surface area contributed by atoms with Crippen LogP contribution >= 0.6 is 0 Å². The van der Waals surface area contributed by atoms with Gasteiger partial charge in [-0.15, -0.1) is 0 Å². The van der Waals surface area contributed by atoms with Gasteiger partial charge in [0.2, 0.25) is 0 Å². The van der Waals surface area contributed by atoms with Gasteiger partial charge >= 0.3 is 0 Å². The first-order chi connectivity index (χ1) is 32.8. The van der Waals surface area contributed by atoms with E-state index < -0.39 is 0 Å². The number of hydrogen-bond acceptors (Lipinski definition) is 2. The van der Waals surface area contributed by atoms with Gasteiger partial charge in [0.1, 0.15) is 0 Å². The standard InChI is InChI=1S/C62H38N4/c1-5-21-41(22-6-1)63(42-23-7-2-8-24-42)53-33-17-31-47-57-45-29-15-13-19-39(45)35-51-49-38-56-50(37-55(49)65(59(47)53)61(51)57)52-36-40-20-14-16-30-46(40)58-48-32-18-34-54(60(48)66(56)62(52)58)64(43-25-9-3-10-26-43)44-27-11-4-12-28-44/h1-38H. The van der Waals surface area contributed by atoms with E-state index in [0.717, 1.165) is 34.1 Å². The Morgan fingerprint density at radius 2 is 0.576 bits per heavy atom. The predicted molar refractivity (Wildman–Crippen MR) is 280 cm³/mol. The Balaban J connectivity index is 1.14. The number of para-hydroxylation sites is 6. The Morgan fingerprint density at radius 1 is 0.242 bits per heavy atom. The van der Waals surface area contributed by atoms with E-state index in [1.54, 1.807) is 0 Å². The van der Waals surface area contributed by atoms with Gasteiger partial charge in [0.05, 0.1) is 44.5 Å². The van der Waals surface area contributed by atoms with Gasteiger partial charge in [0.15, 0.2) is 0 Å². The van der Waals surface area contributed by atoms with Crippen molar-refractivity contribution in [2.45, 2.75) is 0 Å². The van der Waals surface area contributed by atoms with Crippen LogP contribution in [0.15, 0.2) is 231 Å². The van der Waals surface area contributed by atoms with Gasteiger partial charge in [0, 0.05) is 65.8 Å². The van der Waals surface area contributed by atoms with Gasteiger partial charge in [-0.1, -0.05) is 146 Å². The van der Waals surface area contributed by atoms with Crippen LogP contribution in [0.1, 0.15) is 0 Å². The molecule has 0 aliphatic heterocycles. The predicted octanol–water partition coefficient (Wildman–Crippen LogP) is 17.2. The molecule has 0 amide bonds. The Hall–Kier alpha value is -8.86. The van der Waals surface area contributed by atoms with E-state index in [-0.39, 0.29) is 0 Å². The quantitative estimate of drug-likeness (QED) is 0.166. The van der Waals surface area contributed by atoms with E-state index in [1.807, 2.05) is 0 Å². The van der Waals surface area contributed by atoms with E-state index in [9.17, 15) is 0 Å². The molecule has 0 aliphatic rings. The molecule has 306 valence electrons. The molecule has 4 heteroatoms. The maximum Gasteiger partial charge on any atom is 0.0783 e. The Kier molecular flexibility index (Phi) is 7.19. The third kappa shape index (κ3) is 4.72. The summed E-state index contributed by atoms with van der Waals surface area (Å²) in [6, 6.07) is 84.7. The molecule has 11 aromatic carbocycles. The molecular formula is C62H38N4. The molecule has 0 atom stereocenters. The minimum Gasteiger partial charge on any atom is -0.308 e. The summed E-state index contributed by atoms with van der Waals surface area (Å²) in [4.78, 5) is 4.85. The third-order valence-corrected chi connectivity index (χ3v) is 14.2. The van der Waals surface area contributed by atoms with Gasteiger partial charge in [-0.25, -0.2) is 0 Å². The van der Waals surface area contributed by atoms with Crippen molar-refractivity contribution in [2.75, 3.05) is 9.80 Å². The number of aromatic nitrogens is 2. The number of benzene rings is 11. The zero-order chi connectivity index (χ0) is 43.0. The second-order valence-corrected chi connectivity index (χ2v) is 17.7. The number of hydrogen-bond donors (Lipinski definition) is 0. The van der Waals surface area contributed by atoms with Crippen LogP contribution in [0.3, 0.4) is 0 Å². The third-order valence-electron chi connectivity index (χ3n) is 14.2. The van der Waals surface area contributed by atoms with Crippen LogP contribution in [-0.4, -0.2) is 8.80 Å². The molecule has 0 fully saturated rings. The smallest absolute Gasteiger partial charge is 0.0783 e. The van der Waals surface area contributed by atoms with Crippen molar-refractivity contribution in [1.29, 1.82) is 0 Å². The lowest BCUT2D eigenvalue weighted by Gasteiger charge is -2.26. The Morgan fingerprint density at radius 3 is 0.955 bits per heavy atom. The summed E-state index contributed by atoms with van der Waals surface area (Å²) >= 11 is 0. The van der Waals surface area contributed by atoms with Gasteiger partial charge < -0.3 is 18.6 Å². The van der Waals surface area contributed by atoms with Crippen LogP contribution in [-0.2, 0) is 0 Å². The molecule has 4 nitrogen and oxygen atoms in total. The molecule has 0 unspecified atom stereocenters. The van der Waals surface area contributed by atoms with Crippen LogP contribution in [0.2, 0.25) is 0 Å². The summed E-state index contributed by atoms with van der Waals surface area (Å²) < 4.78 is 5.19. The molecule has 15 rings (SSSR count). The minimum atomic E-state index is 1.12. The van der Waals surface area contributed by atoms with E-state index in [4.69, 9.17) is 0 Å². The summed E-state index contributed by atoms with van der Waals surface area (Å²) in [6.07, 6.45) is 0. The first-order valence-corrected chi connectivity index (χ1v) is 22.8. The lowest BCUT2D eigenvalue weighted by molar-refractivity contribution is 1.27. The highest BCUT2D eigenvalue weighted by molar-refractivity contribution is 6.36. The fraction of sp³-hybridized carbons (Fsp3) is 0. The van der Waals surface area contributed by atoms with Crippen LogP contribution in [0.5, 0.6) is 0 Å². The first kappa shape index (κ1) is 35.6. The Labute approximate surface area is 379 Å². The maximum absolute atomic E-state index is 2.60. The number of nitrogens with zero attached hydrogens (tertiary/aromatic N) is 4. The van der Waals surface area contributed by atoms with E-state index in [2.05, 4.69) is 249 Å². The largest absolute Gasteiger partial charge is 0.308 e. The molecule has 0 radical (unpaired) electrons. The molecule has 0 spiro atoms. The molecule has 0 saturated carbocycles. The molecule has 15 aromatic rings. The fourth-order valence-electron chi connectivity index (χ4n) is 11.6. The highest BCUT2D eigenvalue weighted by Crippen LogP contribution is 2.52. The summed E-state index contributed by atoms with van der Waals surface area (Å²) in [6.45, 7) is 0. The summed E-state index contributed by atoms with van der Waals surface area (Å²) in [5, 5.41) is 15.1. The highest BCUT2D eigenvalue weighted by atomic mass is 15.2. The SMILES string of the molecule is c1ccc(N(c2ccccc2)c2cccc3c4c5ccccc5cc5c6cc7c(cc6n(c23)c54)c2cc3ccccc3c3c4cccc(N(c5ccccc5)c5ccccc5)c4n7c23)cc1. The molecule has 0 N–H and O–H groups in total. The molecule has 0 saturated heterocycles. The maximum atomic E-state index is 2.60. The van der Waals surface area contributed by atoms with Gasteiger partial charge in [0.25, 0.3) is 0 Å². The van der Waals surface area contributed by atoms with Crippen LogP contribution in [0.25, 0.3) is 97.7 Å². The topological polar surface area (TPSA) is 15.3 Å². The highest BCUT2D eigenvalue weighted by Gasteiger charge is 2.28. The molecule has 4 aromatic heterocycles. The number of anilines is 6. The van der Waals surface area contributed by atoms with Gasteiger partial charge in [-0.05, 0) is 106 Å². The zero-order valence-electron chi connectivity index (χ0n) is 35.7. The Bertz CT molecular complexity index is 4020. The van der Waals surface area contributed by atoms with Crippen LogP contribution in [0, 0.1) is 0 Å². The lowest BCUT2D eigenvalue weighted by Crippen LogP contribution is -2.10. The van der Waals surface area contributed by atoms with Crippen molar-refractivity contribution in [3.05, 3.63) is 231 Å². The van der Waals surface area contributed by atoms with E-state index >= 15 is 0 Å².